The second-order valence-corrected chi connectivity index (χ2v) is 9.30. The molecule has 0 saturated carbocycles. The largest absolute Gasteiger partial charge is 0.416 e. The molecule has 0 aliphatic carbocycles. The molecule has 7 nitrogen and oxygen atoms in total. The lowest BCUT2D eigenvalue weighted by Gasteiger charge is -2.21. The number of hydrogen-bond donors (Lipinski definition) is 0. The molecular weight excluding hydrogens is 503 g/mol. The Hall–Kier alpha value is -4.04. The molecule has 0 aliphatic rings. The summed E-state index contributed by atoms with van der Waals surface area (Å²) in [4.78, 5) is 27.4. The van der Waals surface area contributed by atoms with Gasteiger partial charge < -0.3 is 0 Å². The van der Waals surface area contributed by atoms with Crippen LogP contribution in [0.3, 0.4) is 0 Å². The van der Waals surface area contributed by atoms with Crippen LogP contribution in [0.4, 0.5) is 13.2 Å². The fraction of sp³-hybridized carbons (Fsp3) is 0.231. The van der Waals surface area contributed by atoms with Gasteiger partial charge in [0.2, 0.25) is 0 Å². The van der Waals surface area contributed by atoms with Crippen molar-refractivity contribution in [2.75, 3.05) is 12.0 Å². The molecule has 0 saturated heterocycles. The number of alkyl halides is 3. The molecule has 11 heteroatoms. The monoisotopic (exact) mass is 525 g/mol. The predicted octanol–water partition coefficient (Wildman–Crippen LogP) is 4.97. The van der Waals surface area contributed by atoms with Crippen molar-refractivity contribution in [2.45, 2.75) is 26.1 Å². The maximum Gasteiger partial charge on any atom is 0.416 e. The number of benzene rings is 2. The van der Waals surface area contributed by atoms with Crippen molar-refractivity contribution >= 4 is 11.8 Å². The summed E-state index contributed by atoms with van der Waals surface area (Å²) in [5.41, 5.74) is -0.525. The van der Waals surface area contributed by atoms with Crippen molar-refractivity contribution in [1.29, 1.82) is 5.26 Å². The first-order chi connectivity index (χ1) is 17.6. The van der Waals surface area contributed by atoms with Gasteiger partial charge in [-0.3, -0.25) is 13.9 Å². The zero-order valence-electron chi connectivity index (χ0n) is 20.2. The molecule has 0 unspecified atom stereocenters. The number of thioether (sulfide) groups is 1. The van der Waals surface area contributed by atoms with Gasteiger partial charge >= 0.3 is 11.9 Å². The zero-order chi connectivity index (χ0) is 26.9. The standard InChI is InChI=1S/C26H22F3N5O2S/c1-16(15-37-3)32-24(35)23(22-11-12-31-34(22)20-9-7-18(14-30)8-10-20)17(2)33(25(32)36)21-6-4-5-19(13-21)26(27,28)29/h4-13,16H,15H2,1-3H3/t16-/m1/s1. The fourth-order valence-electron chi connectivity index (χ4n) is 4.23. The Balaban J connectivity index is 2.05. The van der Waals surface area contributed by atoms with Crippen molar-refractivity contribution in [1.82, 2.24) is 18.9 Å². The Labute approximate surface area is 214 Å². The maximum atomic E-state index is 13.8. The van der Waals surface area contributed by atoms with E-state index in [-0.39, 0.29) is 16.9 Å². The molecule has 0 spiro atoms. The molecule has 2 aromatic carbocycles. The molecule has 0 fully saturated rings. The molecule has 2 aromatic heterocycles. The lowest BCUT2D eigenvalue weighted by molar-refractivity contribution is -0.137. The molecule has 37 heavy (non-hydrogen) atoms. The molecule has 0 aliphatic heterocycles. The Morgan fingerprint density at radius 3 is 2.41 bits per heavy atom. The first kappa shape index (κ1) is 26.0. The number of halogens is 3. The normalized spacial score (nSPS) is 12.4. The highest BCUT2D eigenvalue weighted by molar-refractivity contribution is 7.98. The SMILES string of the molecule is CSC[C@@H](C)n1c(=O)c(-c2ccnn2-c2ccc(C#N)cc2)c(C)n(-c2cccc(C(F)(F)F)c2)c1=O. The summed E-state index contributed by atoms with van der Waals surface area (Å²) in [6.07, 6.45) is -1.28. The second kappa shape index (κ2) is 10.1. The van der Waals surface area contributed by atoms with E-state index in [1.165, 1.54) is 41.7 Å². The molecule has 2 heterocycles. The van der Waals surface area contributed by atoms with E-state index in [0.29, 0.717) is 22.7 Å². The topological polar surface area (TPSA) is 85.6 Å². The van der Waals surface area contributed by atoms with Gasteiger partial charge in [-0.1, -0.05) is 6.07 Å². The predicted molar refractivity (Wildman–Crippen MR) is 136 cm³/mol. The van der Waals surface area contributed by atoms with Crippen LogP contribution in [0.25, 0.3) is 22.6 Å². The highest BCUT2D eigenvalue weighted by atomic mass is 32.2. The van der Waals surface area contributed by atoms with Crippen LogP contribution in [0.2, 0.25) is 0 Å². The van der Waals surface area contributed by atoms with Crippen molar-refractivity contribution in [3.63, 3.8) is 0 Å². The van der Waals surface area contributed by atoms with Gasteiger partial charge in [0.1, 0.15) is 0 Å². The fourth-order valence-corrected chi connectivity index (χ4v) is 4.86. The third kappa shape index (κ3) is 4.84. The summed E-state index contributed by atoms with van der Waals surface area (Å²) in [6.45, 7) is 3.24. The molecular formula is C26H22F3N5O2S. The van der Waals surface area contributed by atoms with E-state index >= 15 is 0 Å². The van der Waals surface area contributed by atoms with E-state index < -0.39 is 29.0 Å². The third-order valence-corrected chi connectivity index (χ3v) is 6.76. The second-order valence-electron chi connectivity index (χ2n) is 8.39. The zero-order valence-corrected chi connectivity index (χ0v) is 21.0. The summed E-state index contributed by atoms with van der Waals surface area (Å²) in [7, 11) is 0. The van der Waals surface area contributed by atoms with E-state index in [0.717, 1.165) is 21.3 Å². The minimum Gasteiger partial charge on any atom is -0.268 e. The first-order valence-corrected chi connectivity index (χ1v) is 12.6. The number of aromatic nitrogens is 4. The Morgan fingerprint density at radius 2 is 1.78 bits per heavy atom. The van der Waals surface area contributed by atoms with Crippen LogP contribution in [0.1, 0.15) is 29.8 Å². The molecule has 0 amide bonds. The molecule has 0 radical (unpaired) electrons. The van der Waals surface area contributed by atoms with E-state index in [1.54, 1.807) is 37.3 Å². The summed E-state index contributed by atoms with van der Waals surface area (Å²) in [5, 5.41) is 13.4. The van der Waals surface area contributed by atoms with Crippen molar-refractivity contribution in [3.05, 3.63) is 98.5 Å². The average Bonchev–Trinajstić information content (AvgIpc) is 3.33. The quantitative estimate of drug-likeness (QED) is 0.355. The van der Waals surface area contributed by atoms with Crippen LogP contribution in [-0.2, 0) is 6.18 Å². The van der Waals surface area contributed by atoms with Gasteiger partial charge in [-0.15, -0.1) is 0 Å². The molecule has 0 bridgehead atoms. The lowest BCUT2D eigenvalue weighted by Crippen LogP contribution is -2.43. The van der Waals surface area contributed by atoms with Crippen LogP contribution >= 0.6 is 11.8 Å². The molecule has 1 atom stereocenters. The summed E-state index contributed by atoms with van der Waals surface area (Å²) in [6, 6.07) is 14.1. The van der Waals surface area contributed by atoms with Crippen LogP contribution in [-0.4, -0.2) is 30.9 Å². The van der Waals surface area contributed by atoms with Crippen molar-refractivity contribution in [3.8, 4) is 28.7 Å². The highest BCUT2D eigenvalue weighted by Gasteiger charge is 2.31. The van der Waals surface area contributed by atoms with E-state index in [1.807, 2.05) is 12.3 Å². The Morgan fingerprint density at radius 1 is 1.08 bits per heavy atom. The minimum atomic E-state index is -4.61. The summed E-state index contributed by atoms with van der Waals surface area (Å²) in [5.74, 6) is 0.440. The van der Waals surface area contributed by atoms with Crippen molar-refractivity contribution < 1.29 is 13.2 Å². The van der Waals surface area contributed by atoms with E-state index in [9.17, 15) is 22.8 Å². The van der Waals surface area contributed by atoms with E-state index in [4.69, 9.17) is 5.26 Å². The summed E-state index contributed by atoms with van der Waals surface area (Å²) >= 11 is 1.44. The average molecular weight is 526 g/mol. The smallest absolute Gasteiger partial charge is 0.268 e. The molecule has 4 rings (SSSR count). The van der Waals surface area contributed by atoms with Gasteiger partial charge in [0.25, 0.3) is 5.56 Å². The van der Waals surface area contributed by atoms with Gasteiger partial charge in [0, 0.05) is 17.5 Å². The third-order valence-electron chi connectivity index (χ3n) is 5.95. The highest BCUT2D eigenvalue weighted by Crippen LogP contribution is 2.31. The van der Waals surface area contributed by atoms with Gasteiger partial charge in [0.15, 0.2) is 0 Å². The van der Waals surface area contributed by atoms with Crippen molar-refractivity contribution in [2.24, 2.45) is 0 Å². The molecule has 4 aromatic rings. The number of rotatable bonds is 6. The Kier molecular flexibility index (Phi) is 7.14. The number of hydrogen-bond acceptors (Lipinski definition) is 5. The van der Waals surface area contributed by atoms with Crippen LogP contribution in [0.15, 0.2) is 70.4 Å². The van der Waals surface area contributed by atoms with Crippen LogP contribution in [0, 0.1) is 18.3 Å². The lowest BCUT2D eigenvalue weighted by atomic mass is 10.1. The minimum absolute atomic E-state index is 0.00638. The number of nitrogens with zero attached hydrogens (tertiary/aromatic N) is 5. The van der Waals surface area contributed by atoms with Gasteiger partial charge in [-0.25, -0.2) is 9.48 Å². The van der Waals surface area contributed by atoms with E-state index in [2.05, 4.69) is 5.10 Å². The van der Waals surface area contributed by atoms with Crippen LogP contribution < -0.4 is 11.2 Å². The molecule has 0 N–H and O–H groups in total. The van der Waals surface area contributed by atoms with Gasteiger partial charge in [-0.05, 0) is 68.6 Å². The van der Waals surface area contributed by atoms with Crippen LogP contribution in [0.5, 0.6) is 0 Å². The molecule has 190 valence electrons. The van der Waals surface area contributed by atoms with Gasteiger partial charge in [-0.2, -0.15) is 35.3 Å². The maximum absolute atomic E-state index is 13.8. The number of nitriles is 1. The summed E-state index contributed by atoms with van der Waals surface area (Å²) < 4.78 is 44.1. The van der Waals surface area contributed by atoms with Gasteiger partial charge in [0.05, 0.1) is 46.0 Å². The first-order valence-electron chi connectivity index (χ1n) is 11.2. The Bertz CT molecular complexity index is 1610.